The van der Waals surface area contributed by atoms with Crippen LogP contribution in [0.15, 0.2) is 29.1 Å². The van der Waals surface area contributed by atoms with Crippen molar-refractivity contribution in [3.8, 4) is 5.75 Å². The second kappa shape index (κ2) is 6.89. The standard InChI is InChI=1S/C20H19ClN2O2S/c1-11-6-7-14-16(8-11)26-20-17(14)19(24)22-18(23-20)15(21)10-12-4-3-5-13(9-12)25-2/h3-5,9-11H,6-8H2,1-2H3,(H,22,23,24)/b15-10-/t11-/m0/s1. The lowest BCUT2D eigenvalue weighted by Gasteiger charge is -2.17. The molecule has 0 saturated carbocycles. The molecule has 4 rings (SSSR count). The van der Waals surface area contributed by atoms with Gasteiger partial charge < -0.3 is 9.72 Å². The number of aryl methyl sites for hydroxylation is 1. The van der Waals surface area contributed by atoms with Crippen LogP contribution in [0.3, 0.4) is 0 Å². The van der Waals surface area contributed by atoms with Crippen molar-refractivity contribution in [3.05, 3.63) is 56.4 Å². The molecule has 2 heterocycles. The van der Waals surface area contributed by atoms with Gasteiger partial charge in [-0.05, 0) is 54.5 Å². The molecule has 0 spiro atoms. The van der Waals surface area contributed by atoms with E-state index in [0.29, 0.717) is 16.8 Å². The molecule has 0 aliphatic heterocycles. The van der Waals surface area contributed by atoms with Gasteiger partial charge in [-0.25, -0.2) is 4.98 Å². The van der Waals surface area contributed by atoms with Gasteiger partial charge in [-0.15, -0.1) is 11.3 Å². The largest absolute Gasteiger partial charge is 0.497 e. The Kier molecular flexibility index (Phi) is 4.59. The zero-order valence-electron chi connectivity index (χ0n) is 14.6. The molecule has 2 aromatic heterocycles. The van der Waals surface area contributed by atoms with Crippen molar-refractivity contribution in [2.24, 2.45) is 5.92 Å². The molecule has 1 atom stereocenters. The first-order chi connectivity index (χ1) is 12.5. The van der Waals surface area contributed by atoms with Crippen molar-refractivity contribution >= 4 is 44.3 Å². The molecule has 134 valence electrons. The third-order valence-corrected chi connectivity index (χ3v) is 6.22. The molecule has 4 nitrogen and oxygen atoms in total. The van der Waals surface area contributed by atoms with Crippen molar-refractivity contribution in [2.45, 2.75) is 26.2 Å². The van der Waals surface area contributed by atoms with Gasteiger partial charge >= 0.3 is 0 Å². The van der Waals surface area contributed by atoms with E-state index in [4.69, 9.17) is 16.3 Å². The van der Waals surface area contributed by atoms with Gasteiger partial charge in [0.1, 0.15) is 10.6 Å². The second-order valence-electron chi connectivity index (χ2n) is 6.72. The number of fused-ring (bicyclic) bond motifs is 3. The number of ether oxygens (including phenoxy) is 1. The van der Waals surface area contributed by atoms with E-state index in [1.165, 1.54) is 10.4 Å². The van der Waals surface area contributed by atoms with Crippen LogP contribution in [0.4, 0.5) is 0 Å². The van der Waals surface area contributed by atoms with Crippen LogP contribution in [0.2, 0.25) is 0 Å². The molecule has 0 saturated heterocycles. The zero-order chi connectivity index (χ0) is 18.3. The van der Waals surface area contributed by atoms with E-state index >= 15 is 0 Å². The van der Waals surface area contributed by atoms with Crippen molar-refractivity contribution in [1.82, 2.24) is 9.97 Å². The van der Waals surface area contributed by atoms with E-state index in [9.17, 15) is 4.79 Å². The van der Waals surface area contributed by atoms with Gasteiger partial charge in [-0.2, -0.15) is 0 Å². The van der Waals surface area contributed by atoms with Gasteiger partial charge in [0, 0.05) is 4.88 Å². The monoisotopic (exact) mass is 386 g/mol. The fourth-order valence-corrected chi connectivity index (χ4v) is 5.01. The number of H-pyrrole nitrogens is 1. The summed E-state index contributed by atoms with van der Waals surface area (Å²) in [7, 11) is 1.62. The van der Waals surface area contributed by atoms with E-state index in [1.54, 1.807) is 24.5 Å². The number of benzene rings is 1. The summed E-state index contributed by atoms with van der Waals surface area (Å²) < 4.78 is 5.23. The predicted octanol–water partition coefficient (Wildman–Crippen LogP) is 4.85. The Morgan fingerprint density at radius 3 is 3.12 bits per heavy atom. The summed E-state index contributed by atoms with van der Waals surface area (Å²) in [6.45, 7) is 2.25. The first kappa shape index (κ1) is 17.3. The number of halogens is 1. The Morgan fingerprint density at radius 1 is 1.46 bits per heavy atom. The highest BCUT2D eigenvalue weighted by atomic mass is 35.5. The van der Waals surface area contributed by atoms with Gasteiger partial charge in [-0.1, -0.05) is 30.7 Å². The summed E-state index contributed by atoms with van der Waals surface area (Å²) in [5.41, 5.74) is 1.96. The molecule has 1 aliphatic carbocycles. The lowest BCUT2D eigenvalue weighted by molar-refractivity contribution is 0.414. The maximum Gasteiger partial charge on any atom is 0.260 e. The van der Waals surface area contributed by atoms with Gasteiger partial charge in [-0.3, -0.25) is 4.79 Å². The number of nitrogens with one attached hydrogen (secondary N) is 1. The maximum absolute atomic E-state index is 12.7. The summed E-state index contributed by atoms with van der Waals surface area (Å²) in [5, 5.41) is 1.14. The van der Waals surface area contributed by atoms with Crippen LogP contribution in [0, 0.1) is 5.92 Å². The molecular weight excluding hydrogens is 368 g/mol. The average molecular weight is 387 g/mol. The number of aromatic nitrogens is 2. The fourth-order valence-electron chi connectivity index (χ4n) is 3.41. The van der Waals surface area contributed by atoms with E-state index in [0.717, 1.165) is 40.8 Å². The molecule has 0 bridgehead atoms. The van der Waals surface area contributed by atoms with E-state index in [2.05, 4.69) is 16.9 Å². The van der Waals surface area contributed by atoms with Crippen LogP contribution in [-0.2, 0) is 12.8 Å². The number of thiophene rings is 1. The highest BCUT2D eigenvalue weighted by Gasteiger charge is 2.23. The molecule has 0 unspecified atom stereocenters. The summed E-state index contributed by atoms with van der Waals surface area (Å²) in [6, 6.07) is 7.56. The molecule has 0 radical (unpaired) electrons. The van der Waals surface area contributed by atoms with Crippen molar-refractivity contribution in [1.29, 1.82) is 0 Å². The van der Waals surface area contributed by atoms with Gasteiger partial charge in [0.25, 0.3) is 5.56 Å². The number of nitrogens with zero attached hydrogens (tertiary/aromatic N) is 1. The number of methoxy groups -OCH3 is 1. The Balaban J connectivity index is 1.77. The Morgan fingerprint density at radius 2 is 2.31 bits per heavy atom. The number of aromatic amines is 1. The molecule has 0 fully saturated rings. The highest BCUT2D eigenvalue weighted by Crippen LogP contribution is 2.36. The Hall–Kier alpha value is -2.11. The zero-order valence-corrected chi connectivity index (χ0v) is 16.2. The molecule has 26 heavy (non-hydrogen) atoms. The topological polar surface area (TPSA) is 55.0 Å². The van der Waals surface area contributed by atoms with Gasteiger partial charge in [0.15, 0.2) is 5.82 Å². The van der Waals surface area contributed by atoms with E-state index in [1.807, 2.05) is 24.3 Å². The molecule has 6 heteroatoms. The van der Waals surface area contributed by atoms with Crippen molar-refractivity contribution in [2.75, 3.05) is 7.11 Å². The van der Waals surface area contributed by atoms with Crippen LogP contribution in [0.5, 0.6) is 5.75 Å². The summed E-state index contributed by atoms with van der Waals surface area (Å²) >= 11 is 8.08. The molecular formula is C20H19ClN2O2S. The lowest BCUT2D eigenvalue weighted by Crippen LogP contribution is -2.14. The molecule has 3 aromatic rings. The number of hydrogen-bond acceptors (Lipinski definition) is 4. The van der Waals surface area contributed by atoms with E-state index < -0.39 is 0 Å². The lowest BCUT2D eigenvalue weighted by atomic mass is 9.89. The van der Waals surface area contributed by atoms with E-state index in [-0.39, 0.29) is 5.56 Å². The SMILES string of the molecule is COc1cccc(/C=C(\Cl)c2nc3sc4c(c3c(=O)[nH]2)CC[C@H](C)C4)c1. The predicted molar refractivity (Wildman–Crippen MR) is 108 cm³/mol. The second-order valence-corrected chi connectivity index (χ2v) is 8.21. The highest BCUT2D eigenvalue weighted by molar-refractivity contribution is 7.18. The normalized spacial score (nSPS) is 17.3. The van der Waals surface area contributed by atoms with Gasteiger partial charge in [0.05, 0.1) is 17.5 Å². The quantitative estimate of drug-likeness (QED) is 0.699. The average Bonchev–Trinajstić information content (AvgIpc) is 2.99. The minimum Gasteiger partial charge on any atom is -0.497 e. The van der Waals surface area contributed by atoms with Crippen molar-refractivity contribution < 1.29 is 4.74 Å². The first-order valence-corrected chi connectivity index (χ1v) is 9.81. The molecule has 0 amide bonds. The summed E-state index contributed by atoms with van der Waals surface area (Å²) in [5.74, 6) is 1.81. The Labute approximate surface area is 160 Å². The third kappa shape index (κ3) is 3.17. The van der Waals surface area contributed by atoms with Crippen LogP contribution in [0.1, 0.15) is 35.2 Å². The van der Waals surface area contributed by atoms with Crippen LogP contribution < -0.4 is 10.3 Å². The minimum atomic E-state index is -0.103. The first-order valence-electron chi connectivity index (χ1n) is 8.61. The number of rotatable bonds is 3. The van der Waals surface area contributed by atoms with Crippen LogP contribution >= 0.6 is 22.9 Å². The van der Waals surface area contributed by atoms with Gasteiger partial charge in [0.2, 0.25) is 0 Å². The third-order valence-electron chi connectivity index (χ3n) is 4.78. The minimum absolute atomic E-state index is 0.103. The Bertz CT molecular complexity index is 1070. The molecule has 1 aromatic carbocycles. The molecule has 1 aliphatic rings. The van der Waals surface area contributed by atoms with Crippen LogP contribution in [-0.4, -0.2) is 17.1 Å². The number of hydrogen-bond donors (Lipinski definition) is 1. The van der Waals surface area contributed by atoms with Crippen molar-refractivity contribution in [3.63, 3.8) is 0 Å². The summed E-state index contributed by atoms with van der Waals surface area (Å²) in [4.78, 5) is 22.2. The smallest absolute Gasteiger partial charge is 0.260 e. The summed E-state index contributed by atoms with van der Waals surface area (Å²) in [6.07, 6.45) is 4.88. The fraction of sp³-hybridized carbons (Fsp3) is 0.300. The molecule has 1 N–H and O–H groups in total. The maximum atomic E-state index is 12.7. The van der Waals surface area contributed by atoms with Crippen LogP contribution in [0.25, 0.3) is 21.3 Å².